The molecule has 4 rings (SSSR count). The molecule has 3 aromatic rings. The van der Waals surface area contributed by atoms with Gasteiger partial charge < -0.3 is 10.0 Å². The largest absolute Gasteiger partial charge is 0.388 e. The fourth-order valence-electron chi connectivity index (χ4n) is 3.92. The van der Waals surface area contributed by atoms with E-state index in [0.717, 1.165) is 34.7 Å². The van der Waals surface area contributed by atoms with E-state index in [9.17, 15) is 9.90 Å². The third kappa shape index (κ3) is 3.23. The third-order valence-electron chi connectivity index (χ3n) is 5.43. The average Bonchev–Trinajstić information content (AvgIpc) is 2.73. The van der Waals surface area contributed by atoms with Gasteiger partial charge in [0.25, 0.3) is 5.91 Å². The van der Waals surface area contributed by atoms with Crippen molar-refractivity contribution in [3.63, 3.8) is 0 Å². The maximum atomic E-state index is 13.0. The lowest BCUT2D eigenvalue weighted by Gasteiger charge is -2.34. The highest BCUT2D eigenvalue weighted by molar-refractivity contribution is 6.07. The number of aliphatic hydroxyl groups is 1. The van der Waals surface area contributed by atoms with Gasteiger partial charge in [-0.05, 0) is 41.2 Å². The topological polar surface area (TPSA) is 40.5 Å². The molecule has 1 aliphatic rings. The van der Waals surface area contributed by atoms with Crippen LogP contribution < -0.4 is 0 Å². The maximum absolute atomic E-state index is 13.0. The molecule has 0 spiro atoms. The summed E-state index contributed by atoms with van der Waals surface area (Å²) >= 11 is 0. The highest BCUT2D eigenvalue weighted by Gasteiger charge is 2.29. The van der Waals surface area contributed by atoms with Crippen LogP contribution in [0.5, 0.6) is 0 Å². The Balaban J connectivity index is 1.47. The minimum atomic E-state index is -0.453. The van der Waals surface area contributed by atoms with Crippen LogP contribution in [-0.4, -0.2) is 29.0 Å². The van der Waals surface area contributed by atoms with E-state index < -0.39 is 6.10 Å². The Bertz CT molecular complexity index is 893. The van der Waals surface area contributed by atoms with Gasteiger partial charge in [0.2, 0.25) is 0 Å². The summed E-state index contributed by atoms with van der Waals surface area (Å²) < 4.78 is 0. The number of hydrogen-bond acceptors (Lipinski definition) is 2. The van der Waals surface area contributed by atoms with E-state index in [0.29, 0.717) is 13.1 Å². The van der Waals surface area contributed by atoms with Gasteiger partial charge in [0.1, 0.15) is 0 Å². The first-order valence-corrected chi connectivity index (χ1v) is 9.24. The van der Waals surface area contributed by atoms with Gasteiger partial charge in [-0.1, -0.05) is 66.7 Å². The Hall–Kier alpha value is -2.65. The summed E-state index contributed by atoms with van der Waals surface area (Å²) in [6.45, 7) is 1.38. The number of aliphatic hydroxyl groups excluding tert-OH is 1. The van der Waals surface area contributed by atoms with Crippen LogP contribution >= 0.6 is 0 Å². The fourth-order valence-corrected chi connectivity index (χ4v) is 3.92. The molecule has 0 radical (unpaired) electrons. The molecule has 3 nitrogen and oxygen atoms in total. The van der Waals surface area contributed by atoms with Crippen molar-refractivity contribution >= 4 is 16.7 Å². The zero-order valence-electron chi connectivity index (χ0n) is 14.7. The normalized spacial score (nSPS) is 16.6. The molecule has 26 heavy (non-hydrogen) atoms. The van der Waals surface area contributed by atoms with Crippen molar-refractivity contribution in [1.82, 2.24) is 4.90 Å². The quantitative estimate of drug-likeness (QED) is 0.763. The molecule has 1 aliphatic heterocycles. The molecule has 3 heteroatoms. The molecule has 0 bridgehead atoms. The lowest BCUT2D eigenvalue weighted by molar-refractivity contribution is 0.0463. The maximum Gasteiger partial charge on any atom is 0.254 e. The Kier molecular flexibility index (Phi) is 4.72. The summed E-state index contributed by atoms with van der Waals surface area (Å²) in [5, 5.41) is 12.7. The average molecular weight is 345 g/mol. The fraction of sp³-hybridized carbons (Fsp3) is 0.261. The van der Waals surface area contributed by atoms with E-state index in [1.165, 1.54) is 0 Å². The molecule has 1 atom stereocenters. The summed E-state index contributed by atoms with van der Waals surface area (Å²) in [5.74, 6) is 0.295. The first-order valence-electron chi connectivity index (χ1n) is 9.24. The molecule has 1 amide bonds. The molecule has 3 aromatic carbocycles. The molecule has 1 N–H and O–H groups in total. The Morgan fingerprint density at radius 3 is 2.31 bits per heavy atom. The van der Waals surface area contributed by atoms with Crippen molar-refractivity contribution in [2.75, 3.05) is 13.1 Å². The van der Waals surface area contributed by atoms with Crippen molar-refractivity contribution < 1.29 is 9.90 Å². The summed E-state index contributed by atoms with van der Waals surface area (Å²) in [5.41, 5.74) is 1.73. The SMILES string of the molecule is O=C(c1cccc2ccccc12)N1CCC(C(O)c2ccccc2)CC1. The van der Waals surface area contributed by atoms with Gasteiger partial charge in [0.05, 0.1) is 6.10 Å². The summed E-state index contributed by atoms with van der Waals surface area (Å²) in [6, 6.07) is 23.7. The zero-order chi connectivity index (χ0) is 17.9. The lowest BCUT2D eigenvalue weighted by Crippen LogP contribution is -2.39. The highest BCUT2D eigenvalue weighted by atomic mass is 16.3. The van der Waals surface area contributed by atoms with Crippen LogP contribution in [0.15, 0.2) is 72.8 Å². The Morgan fingerprint density at radius 1 is 0.885 bits per heavy atom. The van der Waals surface area contributed by atoms with Gasteiger partial charge in [0, 0.05) is 18.7 Å². The van der Waals surface area contributed by atoms with Crippen LogP contribution in [0.2, 0.25) is 0 Å². The van der Waals surface area contributed by atoms with Crippen molar-refractivity contribution in [3.8, 4) is 0 Å². The zero-order valence-corrected chi connectivity index (χ0v) is 14.7. The van der Waals surface area contributed by atoms with Crippen LogP contribution in [0, 0.1) is 5.92 Å². The number of amides is 1. The van der Waals surface area contributed by atoms with Crippen LogP contribution in [0.25, 0.3) is 10.8 Å². The monoisotopic (exact) mass is 345 g/mol. The smallest absolute Gasteiger partial charge is 0.254 e. The first-order chi connectivity index (χ1) is 12.7. The molecule has 1 saturated heterocycles. The molecule has 1 fully saturated rings. The minimum Gasteiger partial charge on any atom is -0.388 e. The number of likely N-dealkylation sites (tertiary alicyclic amines) is 1. The third-order valence-corrected chi connectivity index (χ3v) is 5.43. The van der Waals surface area contributed by atoms with Gasteiger partial charge in [-0.3, -0.25) is 4.79 Å². The van der Waals surface area contributed by atoms with Crippen molar-refractivity contribution in [2.24, 2.45) is 5.92 Å². The van der Waals surface area contributed by atoms with Gasteiger partial charge in [0.15, 0.2) is 0 Å². The van der Waals surface area contributed by atoms with Gasteiger partial charge >= 0.3 is 0 Å². The predicted octanol–water partition coefficient (Wildman–Crippen LogP) is 4.43. The number of hydrogen-bond donors (Lipinski definition) is 1. The predicted molar refractivity (Wildman–Crippen MR) is 104 cm³/mol. The van der Waals surface area contributed by atoms with Crippen LogP contribution in [0.3, 0.4) is 0 Å². The number of carbonyl (C=O) groups excluding carboxylic acids is 1. The number of fused-ring (bicyclic) bond motifs is 1. The lowest BCUT2D eigenvalue weighted by atomic mass is 9.87. The summed E-state index contributed by atoms with van der Waals surface area (Å²) in [7, 11) is 0. The molecular weight excluding hydrogens is 322 g/mol. The molecule has 0 aliphatic carbocycles. The Labute approximate surface area is 153 Å². The first kappa shape index (κ1) is 16.8. The van der Waals surface area contributed by atoms with Gasteiger partial charge in [-0.2, -0.15) is 0 Å². The Morgan fingerprint density at radius 2 is 1.54 bits per heavy atom. The van der Waals surface area contributed by atoms with E-state index in [-0.39, 0.29) is 11.8 Å². The van der Waals surface area contributed by atoms with Crippen molar-refractivity contribution in [3.05, 3.63) is 83.9 Å². The number of rotatable bonds is 3. The van der Waals surface area contributed by atoms with E-state index in [1.54, 1.807) is 0 Å². The van der Waals surface area contributed by atoms with E-state index in [2.05, 4.69) is 0 Å². The molecule has 1 unspecified atom stereocenters. The van der Waals surface area contributed by atoms with E-state index in [1.807, 2.05) is 77.7 Å². The molecular formula is C23H23NO2. The number of benzene rings is 3. The summed E-state index contributed by atoms with van der Waals surface area (Å²) in [6.07, 6.45) is 1.20. The molecule has 0 aromatic heterocycles. The van der Waals surface area contributed by atoms with Crippen LogP contribution in [0.1, 0.15) is 34.9 Å². The number of piperidine rings is 1. The van der Waals surface area contributed by atoms with Gasteiger partial charge in [-0.25, -0.2) is 0 Å². The van der Waals surface area contributed by atoms with Crippen LogP contribution in [0.4, 0.5) is 0 Å². The molecule has 0 saturated carbocycles. The van der Waals surface area contributed by atoms with Crippen molar-refractivity contribution in [2.45, 2.75) is 18.9 Å². The van der Waals surface area contributed by atoms with Crippen LogP contribution in [-0.2, 0) is 0 Å². The molecule has 1 heterocycles. The highest BCUT2D eigenvalue weighted by Crippen LogP contribution is 2.31. The molecule has 132 valence electrons. The second-order valence-corrected chi connectivity index (χ2v) is 7.01. The van der Waals surface area contributed by atoms with Crippen molar-refractivity contribution in [1.29, 1.82) is 0 Å². The second-order valence-electron chi connectivity index (χ2n) is 7.01. The second kappa shape index (κ2) is 7.30. The summed E-state index contributed by atoms with van der Waals surface area (Å²) in [4.78, 5) is 15.0. The number of carbonyl (C=O) groups is 1. The minimum absolute atomic E-state index is 0.0921. The van der Waals surface area contributed by atoms with E-state index >= 15 is 0 Å². The standard InChI is InChI=1S/C23H23NO2/c25-22(18-8-2-1-3-9-18)19-13-15-24(16-14-19)23(26)21-12-6-10-17-7-4-5-11-20(17)21/h1-12,19,22,25H,13-16H2. The van der Waals surface area contributed by atoms with Gasteiger partial charge in [-0.15, -0.1) is 0 Å². The number of nitrogens with zero attached hydrogens (tertiary/aromatic N) is 1. The van der Waals surface area contributed by atoms with E-state index in [4.69, 9.17) is 0 Å².